The van der Waals surface area contributed by atoms with Crippen molar-refractivity contribution in [2.24, 2.45) is 23.1 Å². The van der Waals surface area contributed by atoms with Crippen molar-refractivity contribution in [3.63, 3.8) is 0 Å². The molecule has 0 saturated carbocycles. The third-order valence-electron chi connectivity index (χ3n) is 4.94. The van der Waals surface area contributed by atoms with Gasteiger partial charge in [0.05, 0.1) is 18.9 Å². The Kier molecular flexibility index (Phi) is 10.0. The predicted octanol–water partition coefficient (Wildman–Crippen LogP) is -2.84. The van der Waals surface area contributed by atoms with Crippen LogP contribution in [-0.2, 0) is 28.8 Å². The van der Waals surface area contributed by atoms with E-state index in [4.69, 9.17) is 17.2 Å². The van der Waals surface area contributed by atoms with Crippen LogP contribution in [0.2, 0.25) is 0 Å². The molecule has 0 aromatic carbocycles. The summed E-state index contributed by atoms with van der Waals surface area (Å²) in [5.41, 5.74) is 16.2. The summed E-state index contributed by atoms with van der Waals surface area (Å²) in [5, 5.41) is 13.9. The van der Waals surface area contributed by atoms with Gasteiger partial charge in [-0.25, -0.2) is 4.79 Å². The Bertz CT molecular complexity index is 756. The number of nitrogens with one attached hydrogen (secondary N) is 2. The molecule has 0 spiro atoms. The number of carbonyl (C=O) groups excluding carboxylic acids is 5. The molecule has 180 valence electrons. The van der Waals surface area contributed by atoms with E-state index in [1.165, 1.54) is 0 Å². The zero-order chi connectivity index (χ0) is 24.6. The summed E-state index contributed by atoms with van der Waals surface area (Å²) in [5.74, 6) is -5.38. The van der Waals surface area contributed by atoms with E-state index >= 15 is 0 Å². The van der Waals surface area contributed by atoms with Gasteiger partial charge in [0.1, 0.15) is 18.1 Å². The fraction of sp³-hybridized carbons (Fsp3) is 0.684. The summed E-state index contributed by atoms with van der Waals surface area (Å²) in [7, 11) is 0. The molecule has 1 fully saturated rings. The van der Waals surface area contributed by atoms with Crippen LogP contribution in [0.4, 0.5) is 0 Å². The van der Waals surface area contributed by atoms with E-state index in [0.717, 1.165) is 4.90 Å². The topological polar surface area (TPSA) is 228 Å². The molecule has 0 bridgehead atoms. The zero-order valence-corrected chi connectivity index (χ0v) is 18.2. The molecular weight excluding hydrogens is 424 g/mol. The maximum atomic E-state index is 12.9. The molecular formula is C19H32N6O7. The Morgan fingerprint density at radius 3 is 2.00 bits per heavy atom. The highest BCUT2D eigenvalue weighted by Gasteiger charge is 2.39. The van der Waals surface area contributed by atoms with Crippen LogP contribution in [0.3, 0.4) is 0 Å². The molecule has 5 amide bonds. The quantitative estimate of drug-likeness (QED) is 0.179. The molecule has 32 heavy (non-hydrogen) atoms. The Morgan fingerprint density at radius 2 is 1.50 bits per heavy atom. The lowest BCUT2D eigenvalue weighted by Crippen LogP contribution is -2.58. The molecule has 0 aromatic rings. The normalized spacial score (nSPS) is 18.5. The van der Waals surface area contributed by atoms with Gasteiger partial charge in [0, 0.05) is 6.54 Å². The standard InChI is InChI=1S/C19H32N6O7/c1-9(2)6-10(20)16(28)23-11(7-14(21)26)17(29)24-12(8-15(22)27)18(30)25-5-3-4-13(25)19(31)32/h9-13H,3-8,20H2,1-2H3,(H2,21,26)(H2,22,27)(H,23,28)(H,24,29)(H,31,32). The van der Waals surface area contributed by atoms with Crippen molar-refractivity contribution in [3.8, 4) is 0 Å². The third kappa shape index (κ3) is 8.13. The number of primary amides is 2. The second-order valence-electron chi connectivity index (χ2n) is 8.23. The Balaban J connectivity index is 3.01. The van der Waals surface area contributed by atoms with Gasteiger partial charge in [-0.1, -0.05) is 13.8 Å². The zero-order valence-electron chi connectivity index (χ0n) is 18.2. The number of nitrogens with zero attached hydrogens (tertiary/aromatic N) is 1. The number of likely N-dealkylation sites (tertiary alicyclic amines) is 1. The average Bonchev–Trinajstić information content (AvgIpc) is 3.15. The molecule has 1 rings (SSSR count). The minimum Gasteiger partial charge on any atom is -0.480 e. The van der Waals surface area contributed by atoms with Crippen LogP contribution >= 0.6 is 0 Å². The average molecular weight is 457 g/mol. The first kappa shape index (κ1) is 26.8. The van der Waals surface area contributed by atoms with Gasteiger partial charge >= 0.3 is 5.97 Å². The van der Waals surface area contributed by atoms with Gasteiger partial charge in [-0.05, 0) is 25.2 Å². The van der Waals surface area contributed by atoms with Crippen molar-refractivity contribution in [2.45, 2.75) is 70.1 Å². The van der Waals surface area contributed by atoms with Crippen LogP contribution in [0.1, 0.15) is 46.0 Å². The summed E-state index contributed by atoms with van der Waals surface area (Å²) in [4.78, 5) is 73.3. The minimum absolute atomic E-state index is 0.0966. The molecule has 9 N–H and O–H groups in total. The maximum Gasteiger partial charge on any atom is 0.326 e. The van der Waals surface area contributed by atoms with Gasteiger partial charge in [0.2, 0.25) is 29.5 Å². The van der Waals surface area contributed by atoms with Crippen LogP contribution in [0, 0.1) is 5.92 Å². The fourth-order valence-electron chi connectivity index (χ4n) is 3.47. The van der Waals surface area contributed by atoms with Crippen molar-refractivity contribution in [3.05, 3.63) is 0 Å². The Labute approximate surface area is 185 Å². The second kappa shape index (κ2) is 12.0. The lowest BCUT2D eigenvalue weighted by atomic mass is 10.0. The number of hydrogen-bond donors (Lipinski definition) is 6. The lowest BCUT2D eigenvalue weighted by molar-refractivity contribution is -0.149. The van der Waals surface area contributed by atoms with E-state index in [1.54, 1.807) is 0 Å². The molecule has 1 aliphatic heterocycles. The number of amides is 5. The van der Waals surface area contributed by atoms with Gasteiger partial charge in [0.25, 0.3) is 0 Å². The summed E-state index contributed by atoms with van der Waals surface area (Å²) in [6, 6.07) is -4.96. The summed E-state index contributed by atoms with van der Waals surface area (Å²) >= 11 is 0. The molecule has 1 saturated heterocycles. The van der Waals surface area contributed by atoms with Gasteiger partial charge in [0.15, 0.2) is 0 Å². The van der Waals surface area contributed by atoms with Gasteiger partial charge in [-0.15, -0.1) is 0 Å². The highest BCUT2D eigenvalue weighted by atomic mass is 16.4. The molecule has 4 unspecified atom stereocenters. The first-order chi connectivity index (χ1) is 14.8. The summed E-state index contributed by atoms with van der Waals surface area (Å²) in [6.45, 7) is 3.83. The van der Waals surface area contributed by atoms with Crippen LogP contribution in [-0.4, -0.2) is 76.2 Å². The first-order valence-corrected chi connectivity index (χ1v) is 10.3. The van der Waals surface area contributed by atoms with Gasteiger partial charge < -0.3 is 37.8 Å². The molecule has 0 aromatic heterocycles. The minimum atomic E-state index is -1.48. The van der Waals surface area contributed by atoms with E-state index < -0.39 is 72.5 Å². The number of aliphatic carboxylic acids is 1. The van der Waals surface area contributed by atoms with Crippen molar-refractivity contribution in [1.82, 2.24) is 15.5 Å². The highest BCUT2D eigenvalue weighted by Crippen LogP contribution is 2.19. The number of carbonyl (C=O) groups is 6. The Hall–Kier alpha value is -3.22. The summed E-state index contributed by atoms with van der Waals surface area (Å²) in [6.07, 6.45) is -0.187. The molecule has 13 heteroatoms. The molecule has 13 nitrogen and oxygen atoms in total. The monoisotopic (exact) mass is 456 g/mol. The first-order valence-electron chi connectivity index (χ1n) is 10.3. The lowest BCUT2D eigenvalue weighted by Gasteiger charge is -2.28. The SMILES string of the molecule is CC(C)CC(N)C(=O)NC(CC(N)=O)C(=O)NC(CC(N)=O)C(=O)N1CCCC1C(=O)O. The number of carboxylic acids is 1. The molecule has 1 heterocycles. The fourth-order valence-corrected chi connectivity index (χ4v) is 3.47. The van der Waals surface area contributed by atoms with Crippen molar-refractivity contribution < 1.29 is 33.9 Å². The predicted molar refractivity (Wildman–Crippen MR) is 111 cm³/mol. The van der Waals surface area contributed by atoms with Crippen LogP contribution < -0.4 is 27.8 Å². The van der Waals surface area contributed by atoms with Crippen molar-refractivity contribution >= 4 is 35.5 Å². The highest BCUT2D eigenvalue weighted by molar-refractivity contribution is 5.97. The van der Waals surface area contributed by atoms with Crippen LogP contribution in [0.25, 0.3) is 0 Å². The third-order valence-corrected chi connectivity index (χ3v) is 4.94. The number of nitrogens with two attached hydrogens (primary N) is 3. The Morgan fingerprint density at radius 1 is 0.969 bits per heavy atom. The number of hydrogen-bond acceptors (Lipinski definition) is 7. The summed E-state index contributed by atoms with van der Waals surface area (Å²) < 4.78 is 0. The van der Waals surface area contributed by atoms with Gasteiger partial charge in [-0.2, -0.15) is 0 Å². The van der Waals surface area contributed by atoms with Crippen molar-refractivity contribution in [2.75, 3.05) is 6.54 Å². The largest absolute Gasteiger partial charge is 0.480 e. The second-order valence-corrected chi connectivity index (χ2v) is 8.23. The van der Waals surface area contributed by atoms with Gasteiger partial charge in [-0.3, -0.25) is 24.0 Å². The van der Waals surface area contributed by atoms with Crippen molar-refractivity contribution in [1.29, 1.82) is 0 Å². The van der Waals surface area contributed by atoms with E-state index in [1.807, 2.05) is 13.8 Å². The van der Waals surface area contributed by atoms with Crippen LogP contribution in [0.5, 0.6) is 0 Å². The van der Waals surface area contributed by atoms with E-state index in [0.29, 0.717) is 12.8 Å². The number of carboxylic acid groups (broad SMARTS) is 1. The molecule has 0 aliphatic carbocycles. The molecule has 1 aliphatic rings. The molecule has 4 atom stereocenters. The van der Waals surface area contributed by atoms with E-state index in [-0.39, 0.29) is 18.9 Å². The van der Waals surface area contributed by atoms with E-state index in [2.05, 4.69) is 10.6 Å². The molecule has 0 radical (unpaired) electrons. The number of rotatable bonds is 12. The smallest absolute Gasteiger partial charge is 0.326 e. The van der Waals surface area contributed by atoms with Crippen LogP contribution in [0.15, 0.2) is 0 Å². The van der Waals surface area contributed by atoms with E-state index in [9.17, 15) is 33.9 Å². The maximum absolute atomic E-state index is 12.9.